The molecule has 0 aromatic heterocycles. The molecule has 1 aromatic rings. The summed E-state index contributed by atoms with van der Waals surface area (Å²) in [6.45, 7) is -0.186. The predicted octanol–water partition coefficient (Wildman–Crippen LogP) is 2.10. The summed E-state index contributed by atoms with van der Waals surface area (Å²) in [6.07, 6.45) is -5.23. The van der Waals surface area contributed by atoms with E-state index in [4.69, 9.17) is 5.11 Å². The maximum atomic E-state index is 12.5. The molecule has 1 rings (SSSR count). The summed E-state index contributed by atoms with van der Waals surface area (Å²) in [6, 6.07) is 6.32. The molecule has 102 valence electrons. The zero-order valence-electron chi connectivity index (χ0n) is 9.98. The van der Waals surface area contributed by atoms with Gasteiger partial charge in [-0.2, -0.15) is 13.2 Å². The van der Waals surface area contributed by atoms with E-state index in [0.717, 1.165) is 4.90 Å². The van der Waals surface area contributed by atoms with Crippen molar-refractivity contribution in [1.82, 2.24) is 0 Å². The zero-order valence-corrected chi connectivity index (χ0v) is 9.98. The van der Waals surface area contributed by atoms with E-state index < -0.39 is 18.8 Å². The first-order chi connectivity index (χ1) is 8.35. The van der Waals surface area contributed by atoms with Gasteiger partial charge in [0.2, 0.25) is 0 Å². The molecule has 0 radical (unpaired) electrons. The Kier molecular flexibility index (Phi) is 4.98. The first-order valence-corrected chi connectivity index (χ1v) is 5.54. The fourth-order valence-electron chi connectivity index (χ4n) is 1.75. The number of hydrogen-bond acceptors (Lipinski definition) is 3. The SMILES string of the molecule is CC(O)c1ccccc1N(CCO)CC(F)(F)F. The first-order valence-electron chi connectivity index (χ1n) is 5.54. The third-order valence-corrected chi connectivity index (χ3v) is 2.47. The van der Waals surface area contributed by atoms with E-state index in [1.54, 1.807) is 18.2 Å². The third-order valence-electron chi connectivity index (χ3n) is 2.47. The van der Waals surface area contributed by atoms with Crippen LogP contribution in [-0.2, 0) is 0 Å². The summed E-state index contributed by atoms with van der Waals surface area (Å²) in [5.41, 5.74) is 0.703. The van der Waals surface area contributed by atoms with E-state index in [1.165, 1.54) is 13.0 Å². The van der Waals surface area contributed by atoms with Gasteiger partial charge in [-0.15, -0.1) is 0 Å². The fourth-order valence-corrected chi connectivity index (χ4v) is 1.75. The number of aliphatic hydroxyl groups is 2. The first kappa shape index (κ1) is 14.8. The highest BCUT2D eigenvalue weighted by Gasteiger charge is 2.31. The minimum absolute atomic E-state index is 0.136. The Morgan fingerprint density at radius 2 is 1.89 bits per heavy atom. The Bertz CT molecular complexity index is 380. The van der Waals surface area contributed by atoms with Gasteiger partial charge in [0.15, 0.2) is 0 Å². The fraction of sp³-hybridized carbons (Fsp3) is 0.500. The number of aliphatic hydroxyl groups excluding tert-OH is 2. The van der Waals surface area contributed by atoms with Crippen LogP contribution < -0.4 is 4.90 Å². The second-order valence-electron chi connectivity index (χ2n) is 4.00. The van der Waals surface area contributed by atoms with Crippen molar-refractivity contribution >= 4 is 5.69 Å². The highest BCUT2D eigenvalue weighted by Crippen LogP contribution is 2.28. The molecule has 1 aromatic carbocycles. The van der Waals surface area contributed by atoms with Gasteiger partial charge in [-0.25, -0.2) is 0 Å². The van der Waals surface area contributed by atoms with Gasteiger partial charge in [0, 0.05) is 17.8 Å². The Labute approximate surface area is 103 Å². The number of para-hydroxylation sites is 1. The summed E-state index contributed by atoms with van der Waals surface area (Å²) in [4.78, 5) is 1.02. The van der Waals surface area contributed by atoms with E-state index in [-0.39, 0.29) is 13.2 Å². The quantitative estimate of drug-likeness (QED) is 0.855. The number of anilines is 1. The average molecular weight is 263 g/mol. The molecule has 1 unspecified atom stereocenters. The standard InChI is InChI=1S/C12H16F3NO2/c1-9(18)10-4-2-3-5-11(10)16(6-7-17)8-12(13,14)15/h2-5,9,17-18H,6-8H2,1H3. The van der Waals surface area contributed by atoms with Crippen molar-refractivity contribution in [3.63, 3.8) is 0 Å². The molecule has 2 N–H and O–H groups in total. The monoisotopic (exact) mass is 263 g/mol. The van der Waals surface area contributed by atoms with E-state index in [9.17, 15) is 18.3 Å². The van der Waals surface area contributed by atoms with Crippen LogP contribution >= 0.6 is 0 Å². The molecule has 0 saturated carbocycles. The van der Waals surface area contributed by atoms with Crippen molar-refractivity contribution in [1.29, 1.82) is 0 Å². The molecule has 18 heavy (non-hydrogen) atoms. The summed E-state index contributed by atoms with van der Waals surface area (Å²) in [5, 5.41) is 18.4. The van der Waals surface area contributed by atoms with Gasteiger partial charge in [0.1, 0.15) is 6.54 Å². The zero-order chi connectivity index (χ0) is 13.8. The molecule has 0 fully saturated rings. The van der Waals surface area contributed by atoms with Crippen molar-refractivity contribution in [2.75, 3.05) is 24.6 Å². The Balaban J connectivity index is 3.05. The summed E-state index contributed by atoms with van der Waals surface area (Å²) in [5.74, 6) is 0. The molecule has 6 heteroatoms. The van der Waals surface area contributed by atoms with Crippen LogP contribution in [0.15, 0.2) is 24.3 Å². The second-order valence-corrected chi connectivity index (χ2v) is 4.00. The molecule has 1 atom stereocenters. The van der Waals surface area contributed by atoms with Gasteiger partial charge in [-0.3, -0.25) is 0 Å². The van der Waals surface area contributed by atoms with Crippen molar-refractivity contribution in [2.45, 2.75) is 19.2 Å². The molecule has 0 aliphatic rings. The van der Waals surface area contributed by atoms with E-state index >= 15 is 0 Å². The van der Waals surface area contributed by atoms with Crippen LogP contribution in [0.25, 0.3) is 0 Å². The lowest BCUT2D eigenvalue weighted by atomic mass is 10.1. The molecule has 0 saturated heterocycles. The second kappa shape index (κ2) is 6.06. The summed E-state index contributed by atoms with van der Waals surface area (Å²) >= 11 is 0. The van der Waals surface area contributed by atoms with Crippen LogP contribution in [-0.4, -0.2) is 36.1 Å². The lowest BCUT2D eigenvalue weighted by molar-refractivity contribution is -0.119. The van der Waals surface area contributed by atoms with Crippen LogP contribution in [0.5, 0.6) is 0 Å². The van der Waals surface area contributed by atoms with Gasteiger partial charge in [-0.1, -0.05) is 18.2 Å². The maximum absolute atomic E-state index is 12.5. The molecule has 0 bridgehead atoms. The van der Waals surface area contributed by atoms with Crippen LogP contribution in [0, 0.1) is 0 Å². The molecule has 0 aliphatic carbocycles. The Morgan fingerprint density at radius 3 is 2.39 bits per heavy atom. The minimum Gasteiger partial charge on any atom is -0.395 e. The van der Waals surface area contributed by atoms with Crippen LogP contribution in [0.4, 0.5) is 18.9 Å². The van der Waals surface area contributed by atoms with Gasteiger partial charge in [0.25, 0.3) is 0 Å². The molecular formula is C12H16F3NO2. The minimum atomic E-state index is -4.36. The number of alkyl halides is 3. The van der Waals surface area contributed by atoms with E-state index in [2.05, 4.69) is 0 Å². The number of benzene rings is 1. The molecule has 3 nitrogen and oxygen atoms in total. The Hall–Kier alpha value is -1.27. The smallest absolute Gasteiger partial charge is 0.395 e. The van der Waals surface area contributed by atoms with Crippen molar-refractivity contribution in [2.24, 2.45) is 0 Å². The summed E-state index contributed by atoms with van der Waals surface area (Å²) < 4.78 is 37.4. The molecule has 0 spiro atoms. The molecule has 0 aliphatic heterocycles. The Morgan fingerprint density at radius 1 is 1.28 bits per heavy atom. The number of nitrogens with zero attached hydrogens (tertiary/aromatic N) is 1. The van der Waals surface area contributed by atoms with Gasteiger partial charge >= 0.3 is 6.18 Å². The molecular weight excluding hydrogens is 247 g/mol. The average Bonchev–Trinajstić information content (AvgIpc) is 2.26. The summed E-state index contributed by atoms with van der Waals surface area (Å²) in [7, 11) is 0. The predicted molar refractivity (Wildman–Crippen MR) is 62.4 cm³/mol. The van der Waals surface area contributed by atoms with Crippen molar-refractivity contribution < 1.29 is 23.4 Å². The lowest BCUT2D eigenvalue weighted by Gasteiger charge is -2.28. The van der Waals surface area contributed by atoms with Crippen molar-refractivity contribution in [3.05, 3.63) is 29.8 Å². The number of rotatable bonds is 5. The van der Waals surface area contributed by atoms with E-state index in [1.807, 2.05) is 0 Å². The van der Waals surface area contributed by atoms with Crippen LogP contribution in [0.1, 0.15) is 18.6 Å². The van der Waals surface area contributed by atoms with E-state index in [0.29, 0.717) is 11.3 Å². The van der Waals surface area contributed by atoms with Gasteiger partial charge in [-0.05, 0) is 13.0 Å². The topological polar surface area (TPSA) is 43.7 Å². The largest absolute Gasteiger partial charge is 0.405 e. The number of hydrogen-bond donors (Lipinski definition) is 2. The van der Waals surface area contributed by atoms with Gasteiger partial charge < -0.3 is 15.1 Å². The van der Waals surface area contributed by atoms with Crippen LogP contribution in [0.2, 0.25) is 0 Å². The lowest BCUT2D eigenvalue weighted by Crippen LogP contribution is -2.37. The highest BCUT2D eigenvalue weighted by atomic mass is 19.4. The van der Waals surface area contributed by atoms with Crippen molar-refractivity contribution in [3.8, 4) is 0 Å². The highest BCUT2D eigenvalue weighted by molar-refractivity contribution is 5.54. The van der Waals surface area contributed by atoms with Crippen LogP contribution in [0.3, 0.4) is 0 Å². The van der Waals surface area contributed by atoms with Gasteiger partial charge in [0.05, 0.1) is 12.7 Å². The number of halogens is 3. The third kappa shape index (κ3) is 4.19. The molecule has 0 heterocycles. The maximum Gasteiger partial charge on any atom is 0.405 e. The normalized spacial score (nSPS) is 13.4. The molecule has 0 amide bonds.